The average Bonchev–Trinajstić information content (AvgIpc) is 2.47. The Balaban J connectivity index is 3.27. The molecule has 0 amide bonds. The SMILES string of the molecule is CCCCCCCCCCCCC(O)CNC(C)(C)CO. The Morgan fingerprint density at radius 1 is 0.857 bits per heavy atom. The number of aliphatic hydroxyl groups is 2. The minimum Gasteiger partial charge on any atom is -0.394 e. The van der Waals surface area contributed by atoms with Crippen LogP contribution in [0.15, 0.2) is 0 Å². The third-order valence-electron chi connectivity index (χ3n) is 4.10. The maximum Gasteiger partial charge on any atom is 0.0664 e. The van der Waals surface area contributed by atoms with Gasteiger partial charge >= 0.3 is 0 Å². The van der Waals surface area contributed by atoms with E-state index in [0.29, 0.717) is 6.54 Å². The minimum atomic E-state index is -0.293. The zero-order valence-corrected chi connectivity index (χ0v) is 14.7. The van der Waals surface area contributed by atoms with Gasteiger partial charge in [0.1, 0.15) is 0 Å². The highest BCUT2D eigenvalue weighted by molar-refractivity contribution is 4.77. The molecule has 0 spiro atoms. The molecule has 0 bridgehead atoms. The van der Waals surface area contributed by atoms with Crippen molar-refractivity contribution in [1.82, 2.24) is 5.32 Å². The molecule has 1 atom stereocenters. The molecule has 0 aromatic heterocycles. The lowest BCUT2D eigenvalue weighted by molar-refractivity contribution is 0.127. The molecule has 0 aliphatic carbocycles. The molecule has 0 aliphatic heterocycles. The summed E-state index contributed by atoms with van der Waals surface area (Å²) in [5, 5.41) is 22.2. The first-order valence-corrected chi connectivity index (χ1v) is 9.06. The van der Waals surface area contributed by atoms with E-state index in [0.717, 1.165) is 12.8 Å². The largest absolute Gasteiger partial charge is 0.394 e. The van der Waals surface area contributed by atoms with Crippen molar-refractivity contribution in [2.24, 2.45) is 0 Å². The van der Waals surface area contributed by atoms with Gasteiger partial charge in [-0.15, -0.1) is 0 Å². The zero-order chi connectivity index (χ0) is 16.0. The standard InChI is InChI=1S/C18H39NO2/c1-4-5-6-7-8-9-10-11-12-13-14-17(21)15-19-18(2,3)16-20/h17,19-21H,4-16H2,1-3H3. The maximum absolute atomic E-state index is 9.89. The van der Waals surface area contributed by atoms with Crippen molar-refractivity contribution in [3.05, 3.63) is 0 Å². The molecule has 0 saturated heterocycles. The van der Waals surface area contributed by atoms with Gasteiger partial charge in [-0.25, -0.2) is 0 Å². The summed E-state index contributed by atoms with van der Waals surface area (Å²) in [7, 11) is 0. The van der Waals surface area contributed by atoms with Gasteiger partial charge < -0.3 is 15.5 Å². The summed E-state index contributed by atoms with van der Waals surface area (Å²) >= 11 is 0. The van der Waals surface area contributed by atoms with Crippen LogP contribution in [-0.4, -0.2) is 35.0 Å². The number of hydrogen-bond acceptors (Lipinski definition) is 3. The second-order valence-corrected chi connectivity index (χ2v) is 7.05. The molecule has 0 rings (SSSR count). The van der Waals surface area contributed by atoms with Crippen molar-refractivity contribution in [1.29, 1.82) is 0 Å². The lowest BCUT2D eigenvalue weighted by atomic mass is 10.0. The van der Waals surface area contributed by atoms with E-state index in [2.05, 4.69) is 12.2 Å². The van der Waals surface area contributed by atoms with Gasteiger partial charge in [-0.3, -0.25) is 0 Å². The van der Waals surface area contributed by atoms with Crippen LogP contribution in [0, 0.1) is 0 Å². The first-order valence-electron chi connectivity index (χ1n) is 9.06. The summed E-state index contributed by atoms with van der Waals surface area (Å²) in [6, 6.07) is 0. The summed E-state index contributed by atoms with van der Waals surface area (Å²) in [6.07, 6.45) is 13.9. The molecule has 3 heteroatoms. The topological polar surface area (TPSA) is 52.5 Å². The fraction of sp³-hybridized carbons (Fsp3) is 1.00. The Hall–Kier alpha value is -0.120. The quantitative estimate of drug-likeness (QED) is 0.400. The average molecular weight is 302 g/mol. The molecular weight excluding hydrogens is 262 g/mol. The second-order valence-electron chi connectivity index (χ2n) is 7.05. The molecule has 21 heavy (non-hydrogen) atoms. The number of hydrogen-bond donors (Lipinski definition) is 3. The smallest absolute Gasteiger partial charge is 0.0664 e. The highest BCUT2D eigenvalue weighted by atomic mass is 16.3. The highest BCUT2D eigenvalue weighted by Crippen LogP contribution is 2.12. The Kier molecular flexibility index (Phi) is 13.5. The normalized spacial score (nSPS) is 13.6. The number of rotatable bonds is 15. The van der Waals surface area contributed by atoms with Gasteiger partial charge in [0.15, 0.2) is 0 Å². The van der Waals surface area contributed by atoms with E-state index in [1.165, 1.54) is 57.8 Å². The lowest BCUT2D eigenvalue weighted by Gasteiger charge is -2.25. The first-order chi connectivity index (χ1) is 10.0. The van der Waals surface area contributed by atoms with E-state index in [4.69, 9.17) is 5.11 Å². The zero-order valence-electron chi connectivity index (χ0n) is 14.7. The van der Waals surface area contributed by atoms with E-state index < -0.39 is 0 Å². The van der Waals surface area contributed by atoms with E-state index in [-0.39, 0.29) is 18.2 Å². The Labute approximate surface area is 132 Å². The number of unbranched alkanes of at least 4 members (excludes halogenated alkanes) is 9. The lowest BCUT2D eigenvalue weighted by Crippen LogP contribution is -2.46. The molecule has 0 aromatic rings. The third-order valence-corrected chi connectivity index (χ3v) is 4.10. The van der Waals surface area contributed by atoms with Crippen LogP contribution in [0.4, 0.5) is 0 Å². The molecule has 0 saturated carbocycles. The van der Waals surface area contributed by atoms with Gasteiger partial charge in [-0.1, -0.05) is 71.1 Å². The van der Waals surface area contributed by atoms with Gasteiger partial charge in [-0.2, -0.15) is 0 Å². The van der Waals surface area contributed by atoms with Crippen LogP contribution in [0.5, 0.6) is 0 Å². The Bertz CT molecular complexity index is 219. The van der Waals surface area contributed by atoms with E-state index in [1.54, 1.807) is 0 Å². The molecule has 0 heterocycles. The number of nitrogens with one attached hydrogen (secondary N) is 1. The van der Waals surface area contributed by atoms with E-state index in [1.807, 2.05) is 13.8 Å². The number of aliphatic hydroxyl groups excluding tert-OH is 2. The molecule has 0 aromatic carbocycles. The van der Waals surface area contributed by atoms with Crippen molar-refractivity contribution in [3.63, 3.8) is 0 Å². The molecule has 0 aliphatic rings. The van der Waals surface area contributed by atoms with Crippen molar-refractivity contribution >= 4 is 0 Å². The molecular formula is C18H39NO2. The molecule has 128 valence electrons. The molecule has 0 fully saturated rings. The van der Waals surface area contributed by atoms with Crippen molar-refractivity contribution in [3.8, 4) is 0 Å². The van der Waals surface area contributed by atoms with Crippen LogP contribution >= 0.6 is 0 Å². The summed E-state index contributed by atoms with van der Waals surface area (Å²) < 4.78 is 0. The first kappa shape index (κ1) is 20.9. The molecule has 0 radical (unpaired) electrons. The van der Waals surface area contributed by atoms with Crippen LogP contribution in [0.2, 0.25) is 0 Å². The summed E-state index contributed by atoms with van der Waals surface area (Å²) in [6.45, 7) is 6.82. The van der Waals surface area contributed by atoms with E-state index >= 15 is 0 Å². The van der Waals surface area contributed by atoms with Crippen LogP contribution in [0.1, 0.15) is 91.4 Å². The predicted octanol–water partition coefficient (Wildman–Crippen LogP) is 4.02. The monoisotopic (exact) mass is 301 g/mol. The fourth-order valence-electron chi connectivity index (χ4n) is 2.42. The minimum absolute atomic E-state index is 0.0952. The summed E-state index contributed by atoms with van der Waals surface area (Å²) in [5.74, 6) is 0. The summed E-state index contributed by atoms with van der Waals surface area (Å²) in [5.41, 5.74) is -0.293. The molecule has 3 N–H and O–H groups in total. The maximum atomic E-state index is 9.89. The predicted molar refractivity (Wildman–Crippen MR) is 91.6 cm³/mol. The highest BCUT2D eigenvalue weighted by Gasteiger charge is 2.16. The van der Waals surface area contributed by atoms with Gasteiger partial charge in [0.05, 0.1) is 12.7 Å². The van der Waals surface area contributed by atoms with Crippen LogP contribution in [0.25, 0.3) is 0 Å². The van der Waals surface area contributed by atoms with Gasteiger partial charge in [-0.05, 0) is 20.3 Å². The van der Waals surface area contributed by atoms with Gasteiger partial charge in [0.25, 0.3) is 0 Å². The second kappa shape index (κ2) is 13.5. The summed E-state index contributed by atoms with van der Waals surface area (Å²) in [4.78, 5) is 0. The van der Waals surface area contributed by atoms with Crippen molar-refractivity contribution < 1.29 is 10.2 Å². The van der Waals surface area contributed by atoms with E-state index in [9.17, 15) is 5.11 Å². The van der Waals surface area contributed by atoms with Crippen LogP contribution in [-0.2, 0) is 0 Å². The third kappa shape index (κ3) is 14.6. The molecule has 3 nitrogen and oxygen atoms in total. The molecule has 1 unspecified atom stereocenters. The van der Waals surface area contributed by atoms with Gasteiger partial charge in [0.2, 0.25) is 0 Å². The Morgan fingerprint density at radius 3 is 1.81 bits per heavy atom. The van der Waals surface area contributed by atoms with Crippen LogP contribution in [0.3, 0.4) is 0 Å². The van der Waals surface area contributed by atoms with Crippen molar-refractivity contribution in [2.75, 3.05) is 13.2 Å². The van der Waals surface area contributed by atoms with Crippen LogP contribution < -0.4 is 5.32 Å². The number of β-amino-alcohol motifs (C(OH)–C–C–N with tert-alkyl or cyclic N) is 1. The van der Waals surface area contributed by atoms with Gasteiger partial charge in [0, 0.05) is 12.1 Å². The fourth-order valence-corrected chi connectivity index (χ4v) is 2.42. The van der Waals surface area contributed by atoms with Crippen molar-refractivity contribution in [2.45, 2.75) is 103 Å². The Morgan fingerprint density at radius 2 is 1.33 bits per heavy atom.